The highest BCUT2D eigenvalue weighted by atomic mass is 16.6. The third-order valence-electron chi connectivity index (χ3n) is 13.2. The maximum Gasteiger partial charge on any atom is 0.412 e. The summed E-state index contributed by atoms with van der Waals surface area (Å²) in [7, 11) is 5.86. The number of likely N-dealkylation sites (N-methyl/N-ethyl adjacent to an activating group) is 2. The molecule has 1 aromatic carbocycles. The van der Waals surface area contributed by atoms with Gasteiger partial charge in [0.1, 0.15) is 11.9 Å². The minimum Gasteiger partial charge on any atom is -0.410 e. The van der Waals surface area contributed by atoms with Crippen LogP contribution < -0.4 is 15.0 Å². The molecule has 1 amide bonds. The molecule has 2 aliphatic heterocycles. The monoisotopic (exact) mass is 844 g/mol. The summed E-state index contributed by atoms with van der Waals surface area (Å²) in [5.74, 6) is -0.679. The molecule has 2 heterocycles. The van der Waals surface area contributed by atoms with Crippen molar-refractivity contribution in [2.24, 2.45) is 0 Å². The van der Waals surface area contributed by atoms with E-state index >= 15 is 0 Å². The van der Waals surface area contributed by atoms with Crippen LogP contribution in [-0.4, -0.2) is 90.0 Å². The van der Waals surface area contributed by atoms with Crippen molar-refractivity contribution in [3.8, 4) is 5.75 Å². The van der Waals surface area contributed by atoms with E-state index in [9.17, 15) is 29.7 Å². The summed E-state index contributed by atoms with van der Waals surface area (Å²) in [6, 6.07) is 5.92. The average molecular weight is 844 g/mol. The van der Waals surface area contributed by atoms with Crippen LogP contribution in [0.15, 0.2) is 18.2 Å². The minimum atomic E-state index is -2.47. The Bertz CT molecular complexity index is 1300. The van der Waals surface area contributed by atoms with Crippen LogP contribution in [0, 0.1) is 0 Å². The number of fused-ring (bicyclic) bond motifs is 3. The molecule has 0 aliphatic carbocycles. The van der Waals surface area contributed by atoms with Crippen LogP contribution in [0.4, 0.5) is 10.5 Å². The average Bonchev–Trinajstić information content (AvgIpc) is 3.68. The standard InChI is InChI=1S/C35H68O5.C15H21N3O2/c1-3-5-7-9-11-13-15-17-19-21-23-25-27-29-32(37)35(40,34(39)31-36)33(38)30-28-26-24-22-20-18-16-14-12-10-8-6-4-2;1-15-7-8-17(3)13(15)18(4)12-6-5-10(9-11(12)15)20-14(19)16-2/h34,36,39-40H,3-31H2,1-2H3;5-6,9,13H,7-8H2,1-4H3,(H,16,19). The molecular weight excluding hydrogens is 755 g/mol. The second kappa shape index (κ2) is 30.5. The second-order valence-corrected chi connectivity index (χ2v) is 18.2. The van der Waals surface area contributed by atoms with Gasteiger partial charge in [0.2, 0.25) is 5.60 Å². The first-order valence-corrected chi connectivity index (χ1v) is 24.5. The Labute approximate surface area is 366 Å². The molecule has 2 aliphatic rings. The van der Waals surface area contributed by atoms with Crippen molar-refractivity contribution in [1.82, 2.24) is 10.2 Å². The number of amides is 1. The second-order valence-electron chi connectivity index (χ2n) is 18.2. The van der Waals surface area contributed by atoms with Gasteiger partial charge in [-0.15, -0.1) is 0 Å². The Morgan fingerprint density at radius 1 is 0.733 bits per heavy atom. The Balaban J connectivity index is 0.000000508. The number of carbonyl (C=O) groups excluding carboxylic acids is 3. The van der Waals surface area contributed by atoms with Crippen molar-refractivity contribution in [3.63, 3.8) is 0 Å². The predicted molar refractivity (Wildman–Crippen MR) is 247 cm³/mol. The summed E-state index contributed by atoms with van der Waals surface area (Å²) in [6.45, 7) is 7.08. The van der Waals surface area contributed by atoms with E-state index in [0.717, 1.165) is 51.5 Å². The smallest absolute Gasteiger partial charge is 0.410 e. The largest absolute Gasteiger partial charge is 0.412 e. The zero-order valence-electron chi connectivity index (χ0n) is 39.2. The van der Waals surface area contributed by atoms with Gasteiger partial charge in [0.05, 0.1) is 12.8 Å². The van der Waals surface area contributed by atoms with Crippen LogP contribution in [-0.2, 0) is 15.0 Å². The summed E-state index contributed by atoms with van der Waals surface area (Å²) < 4.78 is 5.26. The third-order valence-corrected chi connectivity index (χ3v) is 13.2. The number of Topliss-reactive ketones (excluding diaryl/α,β-unsaturated/α-hetero) is 2. The van der Waals surface area contributed by atoms with Crippen molar-refractivity contribution in [1.29, 1.82) is 0 Å². The zero-order chi connectivity index (χ0) is 44.2. The van der Waals surface area contributed by atoms with Crippen molar-refractivity contribution in [2.45, 2.75) is 230 Å². The number of nitrogens with one attached hydrogen (secondary N) is 1. The molecule has 10 heteroatoms. The Hall–Kier alpha value is -2.53. The lowest BCUT2D eigenvalue weighted by Gasteiger charge is -2.32. The van der Waals surface area contributed by atoms with E-state index in [2.05, 4.69) is 50.0 Å². The quantitative estimate of drug-likeness (QED) is 0.0402. The molecule has 3 atom stereocenters. The zero-order valence-corrected chi connectivity index (χ0v) is 39.2. The van der Waals surface area contributed by atoms with Crippen LogP contribution in [0.25, 0.3) is 0 Å². The predicted octanol–water partition coefficient (Wildman–Crippen LogP) is 10.9. The number of carbonyl (C=O) groups is 3. The van der Waals surface area contributed by atoms with E-state index in [1.807, 2.05) is 18.2 Å². The number of ether oxygens (including phenoxy) is 1. The molecule has 346 valence electrons. The number of benzene rings is 1. The normalized spacial score (nSPS) is 17.8. The van der Waals surface area contributed by atoms with E-state index in [4.69, 9.17) is 4.74 Å². The van der Waals surface area contributed by atoms with Crippen molar-refractivity contribution >= 4 is 23.3 Å². The first kappa shape index (κ1) is 53.6. The summed E-state index contributed by atoms with van der Waals surface area (Å²) in [5, 5.41) is 33.0. The van der Waals surface area contributed by atoms with Gasteiger partial charge in [-0.3, -0.25) is 14.5 Å². The number of rotatable bonds is 33. The molecule has 60 heavy (non-hydrogen) atoms. The first-order chi connectivity index (χ1) is 28.9. The molecular formula is C50H89N3O7. The molecule has 0 saturated carbocycles. The van der Waals surface area contributed by atoms with Crippen LogP contribution >= 0.6 is 0 Å². The Morgan fingerprint density at radius 3 is 1.52 bits per heavy atom. The molecule has 0 spiro atoms. The number of hydrogen-bond acceptors (Lipinski definition) is 9. The highest BCUT2D eigenvalue weighted by Gasteiger charge is 2.52. The number of anilines is 1. The van der Waals surface area contributed by atoms with Crippen LogP contribution in [0.5, 0.6) is 5.75 Å². The number of aliphatic hydroxyl groups is 3. The van der Waals surface area contributed by atoms with Gasteiger partial charge in [-0.1, -0.05) is 175 Å². The fourth-order valence-corrected chi connectivity index (χ4v) is 9.42. The lowest BCUT2D eigenvalue weighted by atomic mass is 9.81. The maximum atomic E-state index is 12.8. The van der Waals surface area contributed by atoms with Gasteiger partial charge in [-0.2, -0.15) is 0 Å². The van der Waals surface area contributed by atoms with Gasteiger partial charge in [-0.05, 0) is 50.1 Å². The number of hydrogen-bond donors (Lipinski definition) is 4. The Morgan fingerprint density at radius 2 is 1.13 bits per heavy atom. The van der Waals surface area contributed by atoms with Gasteiger partial charge in [0, 0.05) is 44.6 Å². The molecule has 3 unspecified atom stereocenters. The van der Waals surface area contributed by atoms with Crippen LogP contribution in [0.1, 0.15) is 213 Å². The number of aliphatic hydroxyl groups excluding tert-OH is 2. The fraction of sp³-hybridized carbons (Fsp3) is 0.820. The molecule has 1 aromatic rings. The molecule has 4 N–H and O–H groups in total. The molecule has 10 nitrogen and oxygen atoms in total. The molecule has 1 fully saturated rings. The number of unbranched alkanes of at least 4 members (excludes halogenated alkanes) is 24. The van der Waals surface area contributed by atoms with Crippen molar-refractivity contribution in [2.75, 3.05) is 39.2 Å². The summed E-state index contributed by atoms with van der Waals surface area (Å²) in [4.78, 5) is 41.7. The summed E-state index contributed by atoms with van der Waals surface area (Å²) in [6.07, 6.45) is 30.5. The molecule has 0 radical (unpaired) electrons. The minimum absolute atomic E-state index is 0.0651. The van der Waals surface area contributed by atoms with E-state index in [1.165, 1.54) is 127 Å². The van der Waals surface area contributed by atoms with Gasteiger partial charge < -0.3 is 30.3 Å². The number of nitrogens with zero attached hydrogens (tertiary/aromatic N) is 2. The van der Waals surface area contributed by atoms with Crippen molar-refractivity contribution < 1.29 is 34.4 Å². The first-order valence-electron chi connectivity index (χ1n) is 24.5. The van der Waals surface area contributed by atoms with Crippen LogP contribution in [0.3, 0.4) is 0 Å². The Kier molecular flexibility index (Phi) is 27.3. The third kappa shape index (κ3) is 17.7. The number of ketones is 2. The van der Waals surface area contributed by atoms with Crippen molar-refractivity contribution in [3.05, 3.63) is 23.8 Å². The van der Waals surface area contributed by atoms with Gasteiger partial charge in [-0.25, -0.2) is 4.79 Å². The van der Waals surface area contributed by atoms with Gasteiger partial charge >= 0.3 is 6.09 Å². The topological polar surface area (TPSA) is 140 Å². The maximum absolute atomic E-state index is 12.8. The van der Waals surface area contributed by atoms with Crippen LogP contribution in [0.2, 0.25) is 0 Å². The molecule has 1 saturated heterocycles. The molecule has 3 rings (SSSR count). The summed E-state index contributed by atoms with van der Waals surface area (Å²) >= 11 is 0. The van der Waals surface area contributed by atoms with Gasteiger partial charge in [0.25, 0.3) is 0 Å². The number of likely N-dealkylation sites (tertiary alicyclic amines) is 1. The SMILES string of the molecule is CCCCCCCCCCCCCCCC(=O)C(O)(C(=O)CCCCCCCCCCCCCCC)C(O)CO.CNC(=O)Oc1ccc2c(c1)C1(C)CCN(C)C1N2C. The van der Waals surface area contributed by atoms with E-state index in [1.54, 1.807) is 7.05 Å². The summed E-state index contributed by atoms with van der Waals surface area (Å²) in [5.41, 5.74) is 0.133. The highest BCUT2D eigenvalue weighted by molar-refractivity contribution is 6.10. The highest BCUT2D eigenvalue weighted by Crippen LogP contribution is 2.51. The van der Waals surface area contributed by atoms with E-state index < -0.39 is 36.0 Å². The molecule has 0 aromatic heterocycles. The van der Waals surface area contributed by atoms with E-state index in [0.29, 0.717) is 24.8 Å². The van der Waals surface area contributed by atoms with E-state index in [-0.39, 0.29) is 18.3 Å². The van der Waals surface area contributed by atoms with Gasteiger partial charge in [0.15, 0.2) is 11.6 Å². The molecule has 0 bridgehead atoms. The lowest BCUT2D eigenvalue weighted by Crippen LogP contribution is -2.57. The fourth-order valence-electron chi connectivity index (χ4n) is 9.42. The lowest BCUT2D eigenvalue weighted by molar-refractivity contribution is -0.166.